The van der Waals surface area contributed by atoms with Crippen LogP contribution in [0.25, 0.3) is 0 Å². The van der Waals surface area contributed by atoms with Crippen molar-refractivity contribution < 1.29 is 4.39 Å². The minimum absolute atomic E-state index is 0.126. The molecule has 1 unspecified atom stereocenters. The predicted molar refractivity (Wildman–Crippen MR) is 80.4 cm³/mol. The maximum atomic E-state index is 14.2. The Morgan fingerprint density at radius 1 is 1.37 bits per heavy atom. The normalized spacial score (nSPS) is 18.5. The lowest BCUT2D eigenvalue weighted by Gasteiger charge is -2.26. The molecular formula is C14H19BrClFN2. The minimum atomic E-state index is -0.380. The molecule has 106 valence electrons. The lowest BCUT2D eigenvalue weighted by atomic mass is 9.83. The molecule has 0 aromatic heterocycles. The number of nitrogens with one attached hydrogen (secondary N) is 1. The molecule has 1 aromatic rings. The molecule has 1 aromatic carbocycles. The van der Waals surface area contributed by atoms with E-state index >= 15 is 0 Å². The number of halogens is 3. The highest BCUT2D eigenvalue weighted by Crippen LogP contribution is 2.35. The van der Waals surface area contributed by atoms with Crippen LogP contribution >= 0.6 is 27.5 Å². The number of hydrazine groups is 1. The molecule has 19 heavy (non-hydrogen) atoms. The van der Waals surface area contributed by atoms with E-state index in [2.05, 4.69) is 21.4 Å². The second-order valence-electron chi connectivity index (χ2n) is 5.22. The summed E-state index contributed by atoms with van der Waals surface area (Å²) >= 11 is 9.16. The van der Waals surface area contributed by atoms with Gasteiger partial charge in [-0.1, -0.05) is 49.8 Å². The third-order valence-corrected chi connectivity index (χ3v) is 5.19. The van der Waals surface area contributed by atoms with E-state index in [4.69, 9.17) is 17.4 Å². The molecule has 1 aliphatic rings. The first-order valence-electron chi connectivity index (χ1n) is 6.73. The summed E-state index contributed by atoms with van der Waals surface area (Å²) in [6, 6.07) is 3.35. The van der Waals surface area contributed by atoms with Crippen LogP contribution in [0.1, 0.15) is 50.1 Å². The van der Waals surface area contributed by atoms with Gasteiger partial charge in [-0.3, -0.25) is 11.3 Å². The molecule has 1 atom stereocenters. The molecule has 0 heterocycles. The second-order valence-corrected chi connectivity index (χ2v) is 6.46. The lowest BCUT2D eigenvalue weighted by molar-refractivity contribution is 0.298. The van der Waals surface area contributed by atoms with Crippen LogP contribution in [0.4, 0.5) is 4.39 Å². The monoisotopic (exact) mass is 348 g/mol. The Morgan fingerprint density at radius 3 is 2.68 bits per heavy atom. The summed E-state index contributed by atoms with van der Waals surface area (Å²) in [5.41, 5.74) is 3.30. The molecule has 0 radical (unpaired) electrons. The van der Waals surface area contributed by atoms with Gasteiger partial charge in [0.15, 0.2) is 0 Å². The fourth-order valence-electron chi connectivity index (χ4n) is 2.85. The van der Waals surface area contributed by atoms with Gasteiger partial charge in [0.1, 0.15) is 5.82 Å². The lowest BCUT2D eigenvalue weighted by Crippen LogP contribution is -2.31. The number of nitrogens with two attached hydrogens (primary N) is 1. The van der Waals surface area contributed by atoms with Gasteiger partial charge in [0.25, 0.3) is 0 Å². The first kappa shape index (κ1) is 15.2. The third kappa shape index (κ3) is 3.69. The summed E-state index contributed by atoms with van der Waals surface area (Å²) in [4.78, 5) is 0. The van der Waals surface area contributed by atoms with Gasteiger partial charge in [-0.05, 0) is 34.3 Å². The predicted octanol–water partition coefficient (Wildman–Crippen LogP) is 4.72. The highest BCUT2D eigenvalue weighted by molar-refractivity contribution is 9.10. The van der Waals surface area contributed by atoms with Crippen LogP contribution in [-0.4, -0.2) is 0 Å². The molecule has 3 N–H and O–H groups in total. The zero-order valence-corrected chi connectivity index (χ0v) is 13.1. The second kappa shape index (κ2) is 7.02. The standard InChI is InChI=1S/C14H19BrClFN2/c15-11-7-6-10(14(17)13(11)16)12(19-18)8-9-4-2-1-3-5-9/h6-7,9,12,19H,1-5,8,18H2. The van der Waals surface area contributed by atoms with Crippen molar-refractivity contribution in [1.29, 1.82) is 0 Å². The van der Waals surface area contributed by atoms with Gasteiger partial charge in [0, 0.05) is 16.1 Å². The van der Waals surface area contributed by atoms with E-state index in [1.165, 1.54) is 32.1 Å². The minimum Gasteiger partial charge on any atom is -0.271 e. The molecule has 0 spiro atoms. The number of hydrogen-bond acceptors (Lipinski definition) is 2. The van der Waals surface area contributed by atoms with Crippen molar-refractivity contribution in [2.45, 2.75) is 44.6 Å². The largest absolute Gasteiger partial charge is 0.271 e. The summed E-state index contributed by atoms with van der Waals surface area (Å²) < 4.78 is 14.8. The Balaban J connectivity index is 2.14. The first-order valence-corrected chi connectivity index (χ1v) is 7.90. The van der Waals surface area contributed by atoms with Crippen molar-refractivity contribution in [3.63, 3.8) is 0 Å². The molecule has 1 aliphatic carbocycles. The molecule has 1 fully saturated rings. The Hall–Kier alpha value is -0.160. The molecule has 2 rings (SSSR count). The van der Waals surface area contributed by atoms with Crippen LogP contribution < -0.4 is 11.3 Å². The van der Waals surface area contributed by atoms with Crippen LogP contribution in [0.2, 0.25) is 5.02 Å². The van der Waals surface area contributed by atoms with E-state index in [0.29, 0.717) is 16.0 Å². The Labute approximate surface area is 127 Å². The third-order valence-electron chi connectivity index (χ3n) is 3.94. The van der Waals surface area contributed by atoms with Crippen molar-refractivity contribution >= 4 is 27.5 Å². The van der Waals surface area contributed by atoms with Crippen molar-refractivity contribution in [3.8, 4) is 0 Å². The van der Waals surface area contributed by atoms with Crippen molar-refractivity contribution in [2.75, 3.05) is 0 Å². The summed E-state index contributed by atoms with van der Waals surface area (Å²) in [5.74, 6) is 5.85. The Morgan fingerprint density at radius 2 is 2.05 bits per heavy atom. The van der Waals surface area contributed by atoms with Gasteiger partial charge in [-0.25, -0.2) is 4.39 Å². The van der Waals surface area contributed by atoms with Gasteiger partial charge < -0.3 is 0 Å². The number of rotatable bonds is 4. The van der Waals surface area contributed by atoms with Gasteiger partial charge in [-0.2, -0.15) is 0 Å². The van der Waals surface area contributed by atoms with Crippen molar-refractivity contribution in [2.24, 2.45) is 11.8 Å². The van der Waals surface area contributed by atoms with E-state index in [9.17, 15) is 4.39 Å². The summed E-state index contributed by atoms with van der Waals surface area (Å²) in [6.07, 6.45) is 7.15. The van der Waals surface area contributed by atoms with Gasteiger partial charge in [0.2, 0.25) is 0 Å². The summed E-state index contributed by atoms with van der Waals surface area (Å²) in [7, 11) is 0. The van der Waals surface area contributed by atoms with Crippen molar-refractivity contribution in [3.05, 3.63) is 33.0 Å². The topological polar surface area (TPSA) is 38.0 Å². The molecule has 1 saturated carbocycles. The fourth-order valence-corrected chi connectivity index (χ4v) is 3.33. The van der Waals surface area contributed by atoms with Crippen LogP contribution in [0.3, 0.4) is 0 Å². The van der Waals surface area contributed by atoms with Crippen LogP contribution in [0.15, 0.2) is 16.6 Å². The number of benzene rings is 1. The molecule has 5 heteroatoms. The zero-order valence-electron chi connectivity index (χ0n) is 10.8. The average molecular weight is 350 g/mol. The van der Waals surface area contributed by atoms with E-state index in [1.54, 1.807) is 12.1 Å². The van der Waals surface area contributed by atoms with Crippen LogP contribution in [0.5, 0.6) is 0 Å². The maximum Gasteiger partial charge on any atom is 0.147 e. The van der Waals surface area contributed by atoms with E-state index < -0.39 is 0 Å². The van der Waals surface area contributed by atoms with Crippen molar-refractivity contribution in [1.82, 2.24) is 5.43 Å². The van der Waals surface area contributed by atoms with Crippen LogP contribution in [-0.2, 0) is 0 Å². The maximum absolute atomic E-state index is 14.2. The quantitative estimate of drug-likeness (QED) is 0.469. The molecule has 0 saturated heterocycles. The Kier molecular flexibility index (Phi) is 5.63. The highest BCUT2D eigenvalue weighted by Gasteiger charge is 2.23. The van der Waals surface area contributed by atoms with Gasteiger partial charge in [-0.15, -0.1) is 0 Å². The molecule has 0 amide bonds. The molecule has 0 aliphatic heterocycles. The zero-order chi connectivity index (χ0) is 13.8. The molecular weight excluding hydrogens is 331 g/mol. The first-order chi connectivity index (χ1) is 9.13. The average Bonchev–Trinajstić information content (AvgIpc) is 2.44. The van der Waals surface area contributed by atoms with Gasteiger partial charge in [0.05, 0.1) is 5.02 Å². The molecule has 2 nitrogen and oxygen atoms in total. The summed E-state index contributed by atoms with van der Waals surface area (Å²) in [6.45, 7) is 0. The number of hydrogen-bond donors (Lipinski definition) is 2. The Bertz CT molecular complexity index is 436. The molecule has 0 bridgehead atoms. The van der Waals surface area contributed by atoms with Gasteiger partial charge >= 0.3 is 0 Å². The SMILES string of the molecule is NNC(CC1CCCCC1)c1ccc(Br)c(Cl)c1F. The fraction of sp³-hybridized carbons (Fsp3) is 0.571. The van der Waals surface area contributed by atoms with Crippen LogP contribution in [0, 0.1) is 11.7 Å². The van der Waals surface area contributed by atoms with E-state index in [0.717, 1.165) is 6.42 Å². The summed E-state index contributed by atoms with van der Waals surface area (Å²) in [5, 5.41) is 0.126. The van der Waals surface area contributed by atoms with E-state index in [-0.39, 0.29) is 16.9 Å². The van der Waals surface area contributed by atoms with E-state index in [1.807, 2.05) is 0 Å². The smallest absolute Gasteiger partial charge is 0.147 e. The highest BCUT2D eigenvalue weighted by atomic mass is 79.9.